The van der Waals surface area contributed by atoms with Crippen molar-refractivity contribution in [1.29, 1.82) is 0 Å². The van der Waals surface area contributed by atoms with Crippen LogP contribution in [-0.2, 0) is 20.8 Å². The summed E-state index contributed by atoms with van der Waals surface area (Å²) in [4.78, 5) is 19.8. The van der Waals surface area contributed by atoms with Gasteiger partial charge in [0.1, 0.15) is 11.3 Å². The highest BCUT2D eigenvalue weighted by molar-refractivity contribution is 7.91. The number of alkyl halides is 3. The van der Waals surface area contributed by atoms with Crippen LogP contribution in [0.3, 0.4) is 0 Å². The number of nitrogens with zero attached hydrogens (tertiary/aromatic N) is 5. The van der Waals surface area contributed by atoms with Crippen LogP contribution in [0.25, 0.3) is 22.8 Å². The molecule has 4 rings (SSSR count). The third-order valence-electron chi connectivity index (χ3n) is 4.45. The number of carbonyl (C=O) groups is 1. The third-order valence-corrected chi connectivity index (χ3v) is 6.19. The minimum Gasteiger partial charge on any atom is -0.326 e. The van der Waals surface area contributed by atoms with Gasteiger partial charge in [0.05, 0.1) is 11.3 Å². The molecule has 13 heteroatoms. The second-order valence-corrected chi connectivity index (χ2v) is 8.84. The van der Waals surface area contributed by atoms with Crippen molar-refractivity contribution in [2.75, 3.05) is 11.1 Å². The van der Waals surface area contributed by atoms with Crippen molar-refractivity contribution < 1.29 is 26.4 Å². The van der Waals surface area contributed by atoms with Crippen molar-refractivity contribution in [2.45, 2.75) is 25.0 Å². The zero-order valence-corrected chi connectivity index (χ0v) is 17.0. The number of anilines is 1. The summed E-state index contributed by atoms with van der Waals surface area (Å²) in [7, 11) is -3.82. The summed E-state index contributed by atoms with van der Waals surface area (Å²) >= 11 is 0. The number of halogens is 3. The molecule has 0 bridgehead atoms. The quantitative estimate of drug-likeness (QED) is 0.510. The number of hydrogen-bond acceptors (Lipinski definition) is 6. The van der Waals surface area contributed by atoms with Crippen LogP contribution in [0.4, 0.5) is 18.9 Å². The van der Waals surface area contributed by atoms with Crippen LogP contribution in [-0.4, -0.2) is 44.1 Å². The van der Waals surface area contributed by atoms with E-state index in [1.54, 1.807) is 0 Å². The summed E-state index contributed by atoms with van der Waals surface area (Å²) in [6, 6.07) is 4.97. The van der Waals surface area contributed by atoms with Gasteiger partial charge in [-0.2, -0.15) is 13.2 Å². The summed E-state index contributed by atoms with van der Waals surface area (Å²) in [5, 5.41) is 6.41. The third kappa shape index (κ3) is 3.71. The van der Waals surface area contributed by atoms with Crippen molar-refractivity contribution in [2.24, 2.45) is 0 Å². The highest BCUT2D eigenvalue weighted by atomic mass is 32.2. The van der Waals surface area contributed by atoms with Crippen molar-refractivity contribution in [3.63, 3.8) is 0 Å². The van der Waals surface area contributed by atoms with E-state index in [0.717, 1.165) is 22.8 Å². The maximum atomic E-state index is 13.0. The maximum absolute atomic E-state index is 13.0. The molecule has 0 saturated heterocycles. The number of nitrogens with one attached hydrogen (secondary N) is 1. The van der Waals surface area contributed by atoms with Gasteiger partial charge in [0.2, 0.25) is 11.7 Å². The molecule has 1 N–H and O–H groups in total. The predicted molar refractivity (Wildman–Crippen MR) is 104 cm³/mol. The van der Waals surface area contributed by atoms with Gasteiger partial charge >= 0.3 is 6.18 Å². The Morgan fingerprint density at radius 3 is 2.55 bits per heavy atom. The Balaban J connectivity index is 1.95. The van der Waals surface area contributed by atoms with Gasteiger partial charge in [-0.3, -0.25) is 9.20 Å². The SMILES string of the molecule is CCS(=O)(=O)c1c(-c2nc3ccc(C(F)(F)F)cn3n2)nc2cc(NC(C)=O)ccn12. The molecule has 0 aliphatic heterocycles. The Morgan fingerprint density at radius 2 is 1.90 bits per heavy atom. The molecule has 0 fully saturated rings. The summed E-state index contributed by atoms with van der Waals surface area (Å²) in [5.41, 5.74) is -0.330. The predicted octanol–water partition coefficient (Wildman–Crippen LogP) is 2.81. The molecule has 0 unspecified atom stereocenters. The van der Waals surface area contributed by atoms with Gasteiger partial charge in [-0.15, -0.1) is 5.10 Å². The van der Waals surface area contributed by atoms with Crippen LogP contribution in [0.1, 0.15) is 19.4 Å². The average Bonchev–Trinajstić information content (AvgIpc) is 3.27. The second-order valence-electron chi connectivity index (χ2n) is 6.65. The lowest BCUT2D eigenvalue weighted by atomic mass is 10.3. The van der Waals surface area contributed by atoms with Crippen LogP contribution in [0, 0.1) is 0 Å². The van der Waals surface area contributed by atoms with Crippen molar-refractivity contribution >= 4 is 32.7 Å². The molecule has 0 saturated carbocycles. The molecule has 0 aliphatic rings. The summed E-state index contributed by atoms with van der Waals surface area (Å²) < 4.78 is 66.8. The fourth-order valence-corrected chi connectivity index (χ4v) is 4.19. The van der Waals surface area contributed by atoms with Gasteiger partial charge in [0.15, 0.2) is 20.5 Å². The number of imidazole rings is 1. The van der Waals surface area contributed by atoms with E-state index in [-0.39, 0.29) is 39.5 Å². The number of carbonyl (C=O) groups excluding carboxylic acids is 1. The minimum absolute atomic E-state index is 0.0961. The molecule has 0 atom stereocenters. The zero-order chi connectivity index (χ0) is 22.6. The summed E-state index contributed by atoms with van der Waals surface area (Å²) in [5.74, 6) is -0.705. The number of fused-ring (bicyclic) bond motifs is 2. The van der Waals surface area contributed by atoms with E-state index in [1.807, 2.05) is 0 Å². The number of aromatic nitrogens is 5. The molecule has 9 nitrogen and oxygen atoms in total. The van der Waals surface area contributed by atoms with E-state index in [0.29, 0.717) is 5.69 Å². The van der Waals surface area contributed by atoms with Gasteiger partial charge < -0.3 is 5.32 Å². The fraction of sp³-hybridized carbons (Fsp3) is 0.222. The summed E-state index contributed by atoms with van der Waals surface area (Å²) in [6.45, 7) is 2.78. The maximum Gasteiger partial charge on any atom is 0.417 e. The molecule has 0 radical (unpaired) electrons. The van der Waals surface area contributed by atoms with Crippen LogP contribution in [0.5, 0.6) is 0 Å². The number of rotatable bonds is 4. The van der Waals surface area contributed by atoms with Gasteiger partial charge in [0, 0.05) is 31.1 Å². The molecule has 31 heavy (non-hydrogen) atoms. The standard InChI is InChI=1S/C18H15F3N6O3S/c1-3-31(29,30)17-15(23-14-8-12(22-10(2)28)6-7-26(14)17)16-24-13-5-4-11(18(19,20)21)9-27(13)25-16/h4-9H,3H2,1-2H3,(H,22,28). The molecule has 4 aromatic rings. The molecular formula is C18H15F3N6O3S. The van der Waals surface area contributed by atoms with E-state index in [2.05, 4.69) is 20.4 Å². The Morgan fingerprint density at radius 1 is 1.16 bits per heavy atom. The normalized spacial score (nSPS) is 12.5. The Kier molecular flexibility index (Phi) is 4.72. The van der Waals surface area contributed by atoms with E-state index in [4.69, 9.17) is 0 Å². The minimum atomic E-state index is -4.57. The highest BCUT2D eigenvalue weighted by Crippen LogP contribution is 2.31. The van der Waals surface area contributed by atoms with Crippen LogP contribution >= 0.6 is 0 Å². The molecule has 1 amide bonds. The monoisotopic (exact) mass is 452 g/mol. The lowest BCUT2D eigenvalue weighted by Crippen LogP contribution is -2.09. The largest absolute Gasteiger partial charge is 0.417 e. The molecule has 0 spiro atoms. The first-order valence-corrected chi connectivity index (χ1v) is 10.6. The fourth-order valence-electron chi connectivity index (χ4n) is 3.03. The first-order valence-electron chi connectivity index (χ1n) is 8.96. The van der Waals surface area contributed by atoms with Crippen molar-refractivity contribution in [1.82, 2.24) is 24.0 Å². The van der Waals surface area contributed by atoms with Gasteiger partial charge in [-0.05, 0) is 18.2 Å². The smallest absolute Gasteiger partial charge is 0.326 e. The first kappa shape index (κ1) is 20.8. The first-order chi connectivity index (χ1) is 14.5. The summed E-state index contributed by atoms with van der Waals surface area (Å²) in [6.07, 6.45) is -2.37. The van der Waals surface area contributed by atoms with E-state index < -0.39 is 21.6 Å². The molecule has 0 aliphatic carbocycles. The lowest BCUT2D eigenvalue weighted by Gasteiger charge is -2.05. The van der Waals surface area contributed by atoms with Gasteiger partial charge in [-0.1, -0.05) is 6.92 Å². The average molecular weight is 452 g/mol. The Hall–Kier alpha value is -3.48. The van der Waals surface area contributed by atoms with Crippen LogP contribution in [0.2, 0.25) is 0 Å². The number of sulfone groups is 1. The molecule has 162 valence electrons. The Labute approximate surface area is 173 Å². The molecule has 4 aromatic heterocycles. The molecular weight excluding hydrogens is 437 g/mol. The molecule has 4 heterocycles. The lowest BCUT2D eigenvalue weighted by molar-refractivity contribution is -0.137. The number of hydrogen-bond donors (Lipinski definition) is 1. The highest BCUT2D eigenvalue weighted by Gasteiger charge is 2.32. The van der Waals surface area contributed by atoms with Crippen LogP contribution < -0.4 is 5.32 Å². The van der Waals surface area contributed by atoms with Crippen LogP contribution in [0.15, 0.2) is 41.7 Å². The second kappa shape index (κ2) is 7.04. The number of amides is 1. The Bertz CT molecular complexity index is 1440. The van der Waals surface area contributed by atoms with Gasteiger partial charge in [-0.25, -0.2) is 22.9 Å². The van der Waals surface area contributed by atoms with Crippen molar-refractivity contribution in [3.05, 3.63) is 42.2 Å². The molecule has 0 aromatic carbocycles. The topological polar surface area (TPSA) is 111 Å². The van der Waals surface area contributed by atoms with Crippen molar-refractivity contribution in [3.8, 4) is 11.5 Å². The van der Waals surface area contributed by atoms with E-state index in [9.17, 15) is 26.4 Å². The zero-order valence-electron chi connectivity index (χ0n) is 16.2. The number of pyridine rings is 2. The van der Waals surface area contributed by atoms with E-state index in [1.165, 1.54) is 36.6 Å². The van der Waals surface area contributed by atoms with Gasteiger partial charge in [0.25, 0.3) is 0 Å². The van der Waals surface area contributed by atoms with E-state index >= 15 is 0 Å².